The average molecular weight is 489 g/mol. The predicted octanol–water partition coefficient (Wildman–Crippen LogP) is 4.28. The molecule has 7 nitrogen and oxygen atoms in total. The Morgan fingerprint density at radius 1 is 1.03 bits per heavy atom. The summed E-state index contributed by atoms with van der Waals surface area (Å²) in [7, 11) is -2.51. The largest absolute Gasteiger partial charge is 0.497 e. The molecule has 0 saturated heterocycles. The molecule has 1 amide bonds. The van der Waals surface area contributed by atoms with E-state index in [1.165, 1.54) is 18.2 Å². The lowest BCUT2D eigenvalue weighted by molar-refractivity contribution is -0.117. The lowest BCUT2D eigenvalue weighted by Gasteiger charge is -2.19. The third kappa shape index (κ3) is 6.71. The van der Waals surface area contributed by atoms with E-state index >= 15 is 0 Å². The molecule has 3 aromatic rings. The monoisotopic (exact) mass is 488 g/mol. The minimum absolute atomic E-state index is 0.0636. The lowest BCUT2D eigenvalue weighted by atomic mass is 10.1. The molecule has 0 heterocycles. The van der Waals surface area contributed by atoms with E-state index in [4.69, 9.17) is 21.1 Å². The molecule has 9 heteroatoms. The molecule has 2 N–H and O–H groups in total. The Labute approximate surface area is 198 Å². The summed E-state index contributed by atoms with van der Waals surface area (Å²) in [6, 6.07) is 19.0. The summed E-state index contributed by atoms with van der Waals surface area (Å²) in [5, 5.41) is 2.93. The van der Waals surface area contributed by atoms with Crippen molar-refractivity contribution in [2.45, 2.75) is 24.3 Å². The standard InChI is InChI=1S/C24H25ClN2O5S/c1-3-32-23-14-13-20(16-21(23)25)33(29,30)27-22(15-17-7-5-4-6-8-17)24(28)26-18-9-11-19(31-2)12-10-18/h4-14,16,22,27H,3,15H2,1-2H3,(H,26,28)/t22-/m0/s1. The highest BCUT2D eigenvalue weighted by atomic mass is 35.5. The molecule has 0 aliphatic carbocycles. The molecule has 3 aromatic carbocycles. The van der Waals surface area contributed by atoms with Crippen LogP contribution in [0.15, 0.2) is 77.7 Å². The van der Waals surface area contributed by atoms with Gasteiger partial charge >= 0.3 is 0 Å². The van der Waals surface area contributed by atoms with Gasteiger partial charge in [0.1, 0.15) is 17.5 Å². The number of rotatable bonds is 10. The second-order valence-electron chi connectivity index (χ2n) is 7.11. The van der Waals surface area contributed by atoms with Crippen LogP contribution < -0.4 is 19.5 Å². The Morgan fingerprint density at radius 2 is 1.73 bits per heavy atom. The molecule has 1 atom stereocenters. The first-order valence-corrected chi connectivity index (χ1v) is 12.1. The van der Waals surface area contributed by atoms with E-state index in [-0.39, 0.29) is 16.3 Å². The maximum Gasteiger partial charge on any atom is 0.242 e. The summed E-state index contributed by atoms with van der Waals surface area (Å²) in [5.74, 6) is 0.530. The average Bonchev–Trinajstić information content (AvgIpc) is 2.81. The fourth-order valence-electron chi connectivity index (χ4n) is 3.12. The van der Waals surface area contributed by atoms with Gasteiger partial charge in [-0.25, -0.2) is 8.42 Å². The Bertz CT molecular complexity index is 1190. The number of benzene rings is 3. The molecule has 33 heavy (non-hydrogen) atoms. The van der Waals surface area contributed by atoms with Gasteiger partial charge in [0.2, 0.25) is 15.9 Å². The molecule has 0 radical (unpaired) electrons. The molecule has 0 spiro atoms. The van der Waals surface area contributed by atoms with Gasteiger partial charge in [-0.05, 0) is 61.4 Å². The van der Waals surface area contributed by atoms with Crippen molar-refractivity contribution in [2.24, 2.45) is 0 Å². The predicted molar refractivity (Wildman–Crippen MR) is 129 cm³/mol. The van der Waals surface area contributed by atoms with Crippen molar-refractivity contribution in [3.05, 3.63) is 83.4 Å². The lowest BCUT2D eigenvalue weighted by Crippen LogP contribution is -2.45. The zero-order chi connectivity index (χ0) is 23.8. The molecule has 0 aliphatic heterocycles. The number of halogens is 1. The SMILES string of the molecule is CCOc1ccc(S(=O)(=O)N[C@@H](Cc2ccccc2)C(=O)Nc2ccc(OC)cc2)cc1Cl. The third-order valence-electron chi connectivity index (χ3n) is 4.77. The maximum atomic E-state index is 13.1. The van der Waals surface area contributed by atoms with Gasteiger partial charge in [0.05, 0.1) is 23.6 Å². The number of nitrogens with one attached hydrogen (secondary N) is 2. The topological polar surface area (TPSA) is 93.7 Å². The van der Waals surface area contributed by atoms with E-state index in [0.29, 0.717) is 23.8 Å². The van der Waals surface area contributed by atoms with Crippen LogP contribution in [0.4, 0.5) is 5.69 Å². The molecule has 0 saturated carbocycles. The van der Waals surface area contributed by atoms with E-state index in [0.717, 1.165) is 5.56 Å². The normalized spacial score (nSPS) is 12.1. The number of methoxy groups -OCH3 is 1. The second kappa shape index (κ2) is 11.2. The minimum atomic E-state index is -4.05. The van der Waals surface area contributed by atoms with Crippen molar-refractivity contribution in [1.82, 2.24) is 4.72 Å². The van der Waals surface area contributed by atoms with Gasteiger partial charge in [-0.15, -0.1) is 0 Å². The van der Waals surface area contributed by atoms with Gasteiger partial charge in [-0.1, -0.05) is 41.9 Å². The highest BCUT2D eigenvalue weighted by molar-refractivity contribution is 7.89. The van der Waals surface area contributed by atoms with Crippen molar-refractivity contribution in [3.63, 3.8) is 0 Å². The van der Waals surface area contributed by atoms with Crippen LogP contribution in [0, 0.1) is 0 Å². The van der Waals surface area contributed by atoms with Gasteiger partial charge in [-0.3, -0.25) is 4.79 Å². The van der Waals surface area contributed by atoms with Crippen molar-refractivity contribution in [1.29, 1.82) is 0 Å². The van der Waals surface area contributed by atoms with Crippen LogP contribution >= 0.6 is 11.6 Å². The first-order chi connectivity index (χ1) is 15.8. The summed E-state index contributed by atoms with van der Waals surface area (Å²) in [6.07, 6.45) is 0.160. The molecule has 0 aliphatic rings. The van der Waals surface area contributed by atoms with Crippen LogP contribution in [0.25, 0.3) is 0 Å². The molecule has 0 bridgehead atoms. The third-order valence-corrected chi connectivity index (χ3v) is 6.53. The fraction of sp³-hybridized carbons (Fsp3) is 0.208. The summed E-state index contributed by atoms with van der Waals surface area (Å²) < 4.78 is 39.2. The van der Waals surface area contributed by atoms with E-state index in [1.807, 2.05) is 30.3 Å². The van der Waals surface area contributed by atoms with E-state index in [2.05, 4.69) is 10.0 Å². The number of carbonyl (C=O) groups is 1. The van der Waals surface area contributed by atoms with Crippen molar-refractivity contribution in [3.8, 4) is 11.5 Å². The van der Waals surface area contributed by atoms with E-state index < -0.39 is 22.0 Å². The molecule has 0 fully saturated rings. The van der Waals surface area contributed by atoms with E-state index in [9.17, 15) is 13.2 Å². The summed E-state index contributed by atoms with van der Waals surface area (Å²) in [4.78, 5) is 13.0. The minimum Gasteiger partial charge on any atom is -0.497 e. The number of ether oxygens (including phenoxy) is 2. The van der Waals surface area contributed by atoms with Crippen LogP contribution in [0.2, 0.25) is 5.02 Å². The first-order valence-electron chi connectivity index (χ1n) is 10.3. The van der Waals surface area contributed by atoms with Gasteiger partial charge < -0.3 is 14.8 Å². The van der Waals surface area contributed by atoms with Crippen LogP contribution in [0.5, 0.6) is 11.5 Å². The van der Waals surface area contributed by atoms with Gasteiger partial charge in [0.25, 0.3) is 0 Å². The molecule has 0 aromatic heterocycles. The van der Waals surface area contributed by atoms with Crippen molar-refractivity contribution >= 4 is 33.2 Å². The maximum absolute atomic E-state index is 13.1. The van der Waals surface area contributed by atoms with Gasteiger partial charge in [0.15, 0.2) is 0 Å². The molecular formula is C24H25ClN2O5S. The summed E-state index contributed by atoms with van der Waals surface area (Å²) >= 11 is 6.17. The number of amides is 1. The molecule has 0 unspecified atom stereocenters. The second-order valence-corrected chi connectivity index (χ2v) is 9.23. The Kier molecular flexibility index (Phi) is 8.32. The van der Waals surface area contributed by atoms with Crippen LogP contribution in [0.3, 0.4) is 0 Å². The first kappa shape index (κ1) is 24.6. The zero-order valence-electron chi connectivity index (χ0n) is 18.2. The Hall–Kier alpha value is -3.07. The van der Waals surface area contributed by atoms with Gasteiger partial charge in [-0.2, -0.15) is 4.72 Å². The van der Waals surface area contributed by atoms with Crippen LogP contribution in [-0.2, 0) is 21.2 Å². The van der Waals surface area contributed by atoms with Crippen LogP contribution in [0.1, 0.15) is 12.5 Å². The number of anilines is 1. The number of hydrogen-bond acceptors (Lipinski definition) is 5. The Morgan fingerprint density at radius 3 is 2.33 bits per heavy atom. The van der Waals surface area contributed by atoms with Crippen LogP contribution in [-0.4, -0.2) is 34.1 Å². The zero-order valence-corrected chi connectivity index (χ0v) is 19.8. The number of hydrogen-bond donors (Lipinski definition) is 2. The fourth-order valence-corrected chi connectivity index (χ4v) is 4.64. The molecule has 3 rings (SSSR count). The van der Waals surface area contributed by atoms with Crippen molar-refractivity contribution < 1.29 is 22.7 Å². The van der Waals surface area contributed by atoms with Gasteiger partial charge in [0, 0.05) is 5.69 Å². The quantitative estimate of drug-likeness (QED) is 0.444. The van der Waals surface area contributed by atoms with E-state index in [1.54, 1.807) is 38.3 Å². The smallest absolute Gasteiger partial charge is 0.242 e. The highest BCUT2D eigenvalue weighted by Crippen LogP contribution is 2.27. The highest BCUT2D eigenvalue weighted by Gasteiger charge is 2.27. The summed E-state index contributed by atoms with van der Waals surface area (Å²) in [5.41, 5.74) is 1.32. The molecule has 174 valence electrons. The van der Waals surface area contributed by atoms with Crippen molar-refractivity contribution in [2.75, 3.05) is 19.0 Å². The Balaban J connectivity index is 1.85. The molecular weight excluding hydrogens is 464 g/mol. The number of sulfonamides is 1. The number of carbonyl (C=O) groups excluding carboxylic acids is 1. The summed E-state index contributed by atoms with van der Waals surface area (Å²) in [6.45, 7) is 2.20.